The normalized spacial score (nSPS) is 13.8. The van der Waals surface area contributed by atoms with Crippen LogP contribution in [0.25, 0.3) is 49.7 Å². The van der Waals surface area contributed by atoms with Gasteiger partial charge in [-0.3, -0.25) is 0 Å². The lowest BCUT2D eigenvalue weighted by Gasteiger charge is -2.22. The molecule has 0 radical (unpaired) electrons. The maximum absolute atomic E-state index is 2.42. The molecule has 1 aromatic heterocycles. The average Bonchev–Trinajstić information content (AvgIpc) is 3.33. The third-order valence-electron chi connectivity index (χ3n) is 7.85. The van der Waals surface area contributed by atoms with Gasteiger partial charge in [0.25, 0.3) is 0 Å². The van der Waals surface area contributed by atoms with Gasteiger partial charge < -0.3 is 4.57 Å². The van der Waals surface area contributed by atoms with Gasteiger partial charge in [-0.1, -0.05) is 92.2 Å². The number of benzene rings is 5. The Labute approximate surface area is 206 Å². The van der Waals surface area contributed by atoms with Crippen molar-refractivity contribution in [3.8, 4) is 27.9 Å². The van der Waals surface area contributed by atoms with E-state index in [2.05, 4.69) is 135 Å². The molecule has 35 heavy (non-hydrogen) atoms. The fourth-order valence-electron chi connectivity index (χ4n) is 6.04. The molecule has 0 unspecified atom stereocenters. The minimum Gasteiger partial charge on any atom is -0.309 e. The summed E-state index contributed by atoms with van der Waals surface area (Å²) in [4.78, 5) is 0. The van der Waals surface area contributed by atoms with E-state index in [1.807, 2.05) is 0 Å². The van der Waals surface area contributed by atoms with E-state index < -0.39 is 0 Å². The first kappa shape index (κ1) is 20.3. The summed E-state index contributed by atoms with van der Waals surface area (Å²) in [5.41, 5.74) is 13.1. The van der Waals surface area contributed by atoms with Gasteiger partial charge in [0.05, 0.1) is 11.0 Å². The number of hydrogen-bond donors (Lipinski definition) is 0. The van der Waals surface area contributed by atoms with Gasteiger partial charge in [0, 0.05) is 21.9 Å². The Balaban J connectivity index is 1.43. The van der Waals surface area contributed by atoms with Crippen molar-refractivity contribution in [2.24, 2.45) is 0 Å². The molecule has 0 saturated heterocycles. The summed E-state index contributed by atoms with van der Waals surface area (Å²) < 4.78 is 2.37. The highest BCUT2D eigenvalue weighted by Gasteiger charge is 2.35. The van der Waals surface area contributed by atoms with Crippen molar-refractivity contribution in [3.05, 3.63) is 126 Å². The number of para-hydroxylation sites is 2. The minimum atomic E-state index is 0.000132. The van der Waals surface area contributed by atoms with E-state index in [1.54, 1.807) is 0 Å². The standard InChI is InChI=1S/C34H27N/c1-22-13-16-26-27-17-14-24(21-31(27)34(2,3)30(26)19-22)23-15-18-33-29(20-23)28-11-7-8-12-32(28)35(33)25-9-5-4-6-10-25/h4-21H,1-3H3. The van der Waals surface area contributed by atoms with Crippen LogP contribution in [0.15, 0.2) is 109 Å². The van der Waals surface area contributed by atoms with Gasteiger partial charge in [0.1, 0.15) is 0 Å². The Morgan fingerprint density at radius 1 is 0.543 bits per heavy atom. The molecule has 0 fully saturated rings. The van der Waals surface area contributed by atoms with Crippen molar-refractivity contribution in [1.82, 2.24) is 4.57 Å². The molecule has 0 atom stereocenters. The molecule has 7 rings (SSSR count). The van der Waals surface area contributed by atoms with Crippen LogP contribution in [0.1, 0.15) is 30.5 Å². The second-order valence-corrected chi connectivity index (χ2v) is 10.4. The topological polar surface area (TPSA) is 4.93 Å². The summed E-state index contributed by atoms with van der Waals surface area (Å²) in [6.07, 6.45) is 0. The first-order valence-corrected chi connectivity index (χ1v) is 12.4. The van der Waals surface area contributed by atoms with Crippen molar-refractivity contribution in [2.45, 2.75) is 26.2 Å². The third kappa shape index (κ3) is 2.88. The lowest BCUT2D eigenvalue weighted by Crippen LogP contribution is -2.15. The predicted octanol–water partition coefficient (Wildman–Crippen LogP) is 9.07. The van der Waals surface area contributed by atoms with E-state index >= 15 is 0 Å². The molecule has 1 nitrogen and oxygen atoms in total. The van der Waals surface area contributed by atoms with Crippen molar-refractivity contribution >= 4 is 21.8 Å². The van der Waals surface area contributed by atoms with Crippen LogP contribution in [0, 0.1) is 6.92 Å². The summed E-state index contributed by atoms with van der Waals surface area (Å²) in [5.74, 6) is 0. The van der Waals surface area contributed by atoms with Gasteiger partial charge in [-0.25, -0.2) is 0 Å². The molecule has 1 heteroatoms. The maximum atomic E-state index is 2.42. The molecule has 168 valence electrons. The van der Waals surface area contributed by atoms with Crippen molar-refractivity contribution in [3.63, 3.8) is 0 Å². The van der Waals surface area contributed by atoms with E-state index in [0.29, 0.717) is 0 Å². The first-order valence-electron chi connectivity index (χ1n) is 12.4. The molecular weight excluding hydrogens is 422 g/mol. The van der Waals surface area contributed by atoms with Gasteiger partial charge in [-0.15, -0.1) is 0 Å². The molecule has 0 bridgehead atoms. The summed E-state index contributed by atoms with van der Waals surface area (Å²) >= 11 is 0. The number of aryl methyl sites for hydroxylation is 1. The molecular formula is C34H27N. The van der Waals surface area contributed by atoms with Crippen molar-refractivity contribution in [2.75, 3.05) is 0 Å². The number of fused-ring (bicyclic) bond motifs is 6. The third-order valence-corrected chi connectivity index (χ3v) is 7.85. The Hall–Kier alpha value is -4.10. The second-order valence-electron chi connectivity index (χ2n) is 10.4. The van der Waals surface area contributed by atoms with Crippen LogP contribution in [0.5, 0.6) is 0 Å². The van der Waals surface area contributed by atoms with Gasteiger partial charge in [-0.05, 0) is 76.7 Å². The van der Waals surface area contributed by atoms with Crippen LogP contribution in [-0.2, 0) is 5.41 Å². The summed E-state index contributed by atoms with van der Waals surface area (Å²) in [7, 11) is 0. The van der Waals surface area contributed by atoms with E-state index in [0.717, 1.165) is 0 Å². The van der Waals surface area contributed by atoms with Crippen molar-refractivity contribution in [1.29, 1.82) is 0 Å². The summed E-state index contributed by atoms with van der Waals surface area (Å²) in [5, 5.41) is 2.58. The fourth-order valence-corrected chi connectivity index (χ4v) is 6.04. The number of hydrogen-bond acceptors (Lipinski definition) is 0. The zero-order valence-corrected chi connectivity index (χ0v) is 20.3. The molecule has 6 aromatic rings. The zero-order valence-electron chi connectivity index (χ0n) is 20.3. The smallest absolute Gasteiger partial charge is 0.0541 e. The van der Waals surface area contributed by atoms with Crippen LogP contribution in [0.3, 0.4) is 0 Å². The Bertz CT molecular complexity index is 1770. The van der Waals surface area contributed by atoms with E-state index in [1.165, 1.54) is 66.4 Å². The van der Waals surface area contributed by atoms with Crippen LogP contribution in [0.4, 0.5) is 0 Å². The van der Waals surface area contributed by atoms with E-state index in [4.69, 9.17) is 0 Å². The maximum Gasteiger partial charge on any atom is 0.0541 e. The number of aromatic nitrogens is 1. The molecule has 0 N–H and O–H groups in total. The Morgan fingerprint density at radius 2 is 1.17 bits per heavy atom. The zero-order chi connectivity index (χ0) is 23.7. The second kappa shape index (κ2) is 7.20. The van der Waals surface area contributed by atoms with E-state index in [-0.39, 0.29) is 5.41 Å². The molecule has 0 spiro atoms. The van der Waals surface area contributed by atoms with Crippen LogP contribution in [-0.4, -0.2) is 4.57 Å². The largest absolute Gasteiger partial charge is 0.309 e. The monoisotopic (exact) mass is 449 g/mol. The van der Waals surface area contributed by atoms with Crippen LogP contribution in [0.2, 0.25) is 0 Å². The lowest BCUT2D eigenvalue weighted by molar-refractivity contribution is 0.660. The summed E-state index contributed by atoms with van der Waals surface area (Å²) in [6, 6.07) is 40.2. The molecule has 0 amide bonds. The Morgan fingerprint density at radius 3 is 2.00 bits per heavy atom. The van der Waals surface area contributed by atoms with Gasteiger partial charge in [0.2, 0.25) is 0 Å². The van der Waals surface area contributed by atoms with Gasteiger partial charge in [-0.2, -0.15) is 0 Å². The molecule has 0 saturated carbocycles. The minimum absolute atomic E-state index is 0.000132. The highest BCUT2D eigenvalue weighted by molar-refractivity contribution is 6.10. The highest BCUT2D eigenvalue weighted by atomic mass is 15.0. The van der Waals surface area contributed by atoms with Crippen molar-refractivity contribution < 1.29 is 0 Å². The first-order chi connectivity index (χ1) is 17.0. The van der Waals surface area contributed by atoms with Gasteiger partial charge in [0.15, 0.2) is 0 Å². The molecule has 1 aliphatic carbocycles. The molecule has 1 heterocycles. The number of rotatable bonds is 2. The Kier molecular flexibility index (Phi) is 4.17. The highest BCUT2D eigenvalue weighted by Crippen LogP contribution is 2.50. The molecule has 0 aliphatic heterocycles. The van der Waals surface area contributed by atoms with Crippen LogP contribution < -0.4 is 0 Å². The lowest BCUT2D eigenvalue weighted by atomic mass is 9.81. The quantitative estimate of drug-likeness (QED) is 0.248. The molecule has 5 aromatic carbocycles. The molecule has 1 aliphatic rings. The SMILES string of the molecule is Cc1ccc2c(c1)C(C)(C)c1cc(-c3ccc4c(c3)c3ccccc3n4-c3ccccc3)ccc1-2. The fraction of sp³-hybridized carbons (Fsp3) is 0.118. The number of nitrogens with zero attached hydrogens (tertiary/aromatic N) is 1. The van der Waals surface area contributed by atoms with E-state index in [9.17, 15) is 0 Å². The average molecular weight is 450 g/mol. The summed E-state index contributed by atoms with van der Waals surface area (Å²) in [6.45, 7) is 6.90. The predicted molar refractivity (Wildman–Crippen MR) is 149 cm³/mol. The van der Waals surface area contributed by atoms with Crippen LogP contribution >= 0.6 is 0 Å². The van der Waals surface area contributed by atoms with Gasteiger partial charge >= 0.3 is 0 Å².